The number of nitrogens with zero attached hydrogens (tertiary/aromatic N) is 1. The lowest BCUT2D eigenvalue weighted by molar-refractivity contribution is -0.123. The Morgan fingerprint density at radius 3 is 2.00 bits per heavy atom. The topological polar surface area (TPSA) is 64.8 Å². The highest BCUT2D eigenvalue weighted by molar-refractivity contribution is 6.43. The summed E-state index contributed by atoms with van der Waals surface area (Å²) >= 11 is 0. The van der Waals surface area contributed by atoms with Gasteiger partial charge in [0.25, 0.3) is 0 Å². The molecule has 0 bridgehead atoms. The third-order valence-corrected chi connectivity index (χ3v) is 5.18. The molecule has 1 heterocycles. The Bertz CT molecular complexity index is 595. The molecule has 25 heavy (non-hydrogen) atoms. The Labute approximate surface area is 152 Å². The van der Waals surface area contributed by atoms with Crippen molar-refractivity contribution in [3.05, 3.63) is 35.9 Å². The molecule has 2 rings (SSSR count). The van der Waals surface area contributed by atoms with Crippen LogP contribution in [-0.2, 0) is 20.5 Å². The quantitative estimate of drug-likeness (QED) is 0.833. The van der Waals surface area contributed by atoms with Crippen molar-refractivity contribution >= 4 is 13.2 Å². The summed E-state index contributed by atoms with van der Waals surface area (Å²) in [6.45, 7) is 14.1. The summed E-state index contributed by atoms with van der Waals surface area (Å²) in [6.07, 6.45) is 0.511. The molecule has 1 unspecified atom stereocenters. The van der Waals surface area contributed by atoms with E-state index in [0.29, 0.717) is 6.42 Å². The standard InChI is InChI=1S/C19H31BN2O3/c1-17(2,3)22(20-24-18(4,5)19(6,7)25-20)15(16(21)23)13-14-11-9-8-10-12-14/h8-12,15H,13H2,1-7H3,(H2,21,23). The molecular formula is C19H31BN2O3. The number of carbonyl (C=O) groups excluding carboxylic acids is 1. The minimum Gasteiger partial charge on any atom is -0.389 e. The second kappa shape index (κ2) is 6.74. The Morgan fingerprint density at radius 2 is 1.60 bits per heavy atom. The molecule has 0 aromatic heterocycles. The molecule has 1 saturated heterocycles. The minimum absolute atomic E-state index is 0.365. The first-order chi connectivity index (χ1) is 11.3. The van der Waals surface area contributed by atoms with Gasteiger partial charge in [0.15, 0.2) is 0 Å². The summed E-state index contributed by atoms with van der Waals surface area (Å²) in [6, 6.07) is 9.35. The predicted molar refractivity (Wildman–Crippen MR) is 101 cm³/mol. The van der Waals surface area contributed by atoms with Crippen molar-refractivity contribution in [3.63, 3.8) is 0 Å². The normalized spacial score (nSPS) is 20.7. The summed E-state index contributed by atoms with van der Waals surface area (Å²) in [5.74, 6) is -0.381. The molecule has 1 atom stereocenters. The molecule has 0 radical (unpaired) electrons. The average molecular weight is 346 g/mol. The van der Waals surface area contributed by atoms with Crippen molar-refractivity contribution in [2.75, 3.05) is 0 Å². The van der Waals surface area contributed by atoms with Crippen LogP contribution in [0.25, 0.3) is 0 Å². The van der Waals surface area contributed by atoms with Crippen LogP contribution in [0.15, 0.2) is 30.3 Å². The Hall–Kier alpha value is -1.37. The number of benzene rings is 1. The molecule has 1 aliphatic rings. The van der Waals surface area contributed by atoms with E-state index in [4.69, 9.17) is 15.0 Å². The van der Waals surface area contributed by atoms with Gasteiger partial charge in [-0.05, 0) is 60.5 Å². The molecule has 0 saturated carbocycles. The first-order valence-corrected chi connectivity index (χ1v) is 8.82. The van der Waals surface area contributed by atoms with Gasteiger partial charge in [-0.2, -0.15) is 0 Å². The van der Waals surface area contributed by atoms with Gasteiger partial charge in [-0.3, -0.25) is 9.61 Å². The molecule has 0 spiro atoms. The van der Waals surface area contributed by atoms with Crippen LogP contribution in [-0.4, -0.2) is 40.8 Å². The summed E-state index contributed by atoms with van der Waals surface area (Å²) in [5.41, 5.74) is 5.53. The monoisotopic (exact) mass is 346 g/mol. The number of rotatable bonds is 5. The molecule has 2 N–H and O–H groups in total. The molecule has 6 heteroatoms. The van der Waals surface area contributed by atoms with Crippen LogP contribution < -0.4 is 5.73 Å². The lowest BCUT2D eigenvalue weighted by Gasteiger charge is -2.41. The highest BCUT2D eigenvalue weighted by Crippen LogP contribution is 2.39. The number of carbonyl (C=O) groups is 1. The number of nitrogens with two attached hydrogens (primary N) is 1. The van der Waals surface area contributed by atoms with Crippen LogP contribution in [0.4, 0.5) is 0 Å². The van der Waals surface area contributed by atoms with Crippen molar-refractivity contribution in [1.29, 1.82) is 0 Å². The third-order valence-electron chi connectivity index (χ3n) is 5.18. The summed E-state index contributed by atoms with van der Waals surface area (Å²) in [4.78, 5) is 14.3. The van der Waals surface area contributed by atoms with Crippen molar-refractivity contribution in [3.8, 4) is 0 Å². The number of hydrogen-bond donors (Lipinski definition) is 1. The van der Waals surface area contributed by atoms with Gasteiger partial charge in [0.2, 0.25) is 5.91 Å². The molecule has 1 fully saturated rings. The second-order valence-corrected chi connectivity index (χ2v) is 8.75. The van der Waals surface area contributed by atoms with E-state index in [1.807, 2.05) is 83.6 Å². The van der Waals surface area contributed by atoms with Crippen LogP contribution in [0, 0.1) is 0 Å². The van der Waals surface area contributed by atoms with E-state index in [-0.39, 0.29) is 11.4 Å². The minimum atomic E-state index is -0.633. The molecule has 1 aliphatic heterocycles. The fourth-order valence-corrected chi connectivity index (χ4v) is 3.03. The number of hydrogen-bond acceptors (Lipinski definition) is 4. The van der Waals surface area contributed by atoms with Crippen LogP contribution >= 0.6 is 0 Å². The van der Waals surface area contributed by atoms with Crippen molar-refractivity contribution in [1.82, 2.24) is 4.81 Å². The first-order valence-electron chi connectivity index (χ1n) is 8.82. The van der Waals surface area contributed by atoms with E-state index in [9.17, 15) is 4.79 Å². The summed E-state index contributed by atoms with van der Waals surface area (Å²) in [7, 11) is -0.633. The fourth-order valence-electron chi connectivity index (χ4n) is 3.03. The number of amides is 1. The van der Waals surface area contributed by atoms with Crippen LogP contribution in [0.2, 0.25) is 0 Å². The zero-order valence-corrected chi connectivity index (χ0v) is 16.5. The third kappa shape index (κ3) is 4.25. The van der Waals surface area contributed by atoms with Gasteiger partial charge in [-0.15, -0.1) is 0 Å². The predicted octanol–water partition coefficient (Wildman–Crippen LogP) is 2.77. The van der Waals surface area contributed by atoms with Crippen LogP contribution in [0.5, 0.6) is 0 Å². The Balaban J connectivity index is 2.37. The largest absolute Gasteiger partial charge is 0.559 e. The lowest BCUT2D eigenvalue weighted by Crippen LogP contribution is -2.62. The van der Waals surface area contributed by atoms with E-state index in [0.717, 1.165) is 5.56 Å². The first kappa shape index (κ1) is 20.0. The zero-order chi connectivity index (χ0) is 19.0. The molecule has 0 aliphatic carbocycles. The van der Waals surface area contributed by atoms with Crippen molar-refractivity contribution in [2.45, 2.75) is 77.7 Å². The van der Waals surface area contributed by atoms with Gasteiger partial charge < -0.3 is 15.0 Å². The average Bonchev–Trinajstić information content (AvgIpc) is 2.65. The van der Waals surface area contributed by atoms with Crippen molar-refractivity contribution in [2.24, 2.45) is 5.73 Å². The van der Waals surface area contributed by atoms with Crippen LogP contribution in [0.3, 0.4) is 0 Å². The maximum absolute atomic E-state index is 12.3. The molecule has 1 aromatic rings. The molecule has 1 amide bonds. The fraction of sp³-hybridized carbons (Fsp3) is 0.632. The van der Waals surface area contributed by atoms with Gasteiger partial charge in [-0.1, -0.05) is 30.3 Å². The number of primary amides is 1. The molecule has 5 nitrogen and oxygen atoms in total. The van der Waals surface area contributed by atoms with Crippen molar-refractivity contribution < 1.29 is 14.1 Å². The van der Waals surface area contributed by atoms with Gasteiger partial charge in [0.05, 0.1) is 17.2 Å². The SMILES string of the molecule is CC(C)(C)N(B1OC(C)(C)C(C)(C)O1)C(Cc1ccccc1)C(N)=O. The highest BCUT2D eigenvalue weighted by Gasteiger charge is 2.57. The van der Waals surface area contributed by atoms with E-state index >= 15 is 0 Å². The van der Waals surface area contributed by atoms with E-state index in [1.165, 1.54) is 0 Å². The van der Waals surface area contributed by atoms with E-state index in [1.54, 1.807) is 0 Å². The van der Waals surface area contributed by atoms with Gasteiger partial charge in [0.1, 0.15) is 0 Å². The van der Waals surface area contributed by atoms with E-state index < -0.39 is 24.5 Å². The molecule has 138 valence electrons. The maximum atomic E-state index is 12.3. The Morgan fingerprint density at radius 1 is 1.12 bits per heavy atom. The Kier molecular flexibility index (Phi) is 5.38. The van der Waals surface area contributed by atoms with Crippen LogP contribution in [0.1, 0.15) is 54.0 Å². The van der Waals surface area contributed by atoms with Gasteiger partial charge in [0, 0.05) is 5.54 Å². The lowest BCUT2D eigenvalue weighted by atomic mass is 9.87. The van der Waals surface area contributed by atoms with Gasteiger partial charge in [-0.25, -0.2) is 0 Å². The van der Waals surface area contributed by atoms with E-state index in [2.05, 4.69) is 0 Å². The second-order valence-electron chi connectivity index (χ2n) is 8.75. The molecule has 1 aromatic carbocycles. The summed E-state index contributed by atoms with van der Waals surface area (Å²) < 4.78 is 12.4. The molecular weight excluding hydrogens is 315 g/mol. The zero-order valence-electron chi connectivity index (χ0n) is 16.5. The smallest absolute Gasteiger partial charge is 0.389 e. The summed E-state index contributed by atoms with van der Waals surface area (Å²) in [5, 5.41) is 0. The maximum Gasteiger partial charge on any atom is 0.559 e. The highest BCUT2D eigenvalue weighted by atomic mass is 16.7. The van der Waals surface area contributed by atoms with Gasteiger partial charge >= 0.3 is 7.25 Å².